The monoisotopic (exact) mass is 446 g/mol. The third kappa shape index (κ3) is 4.98. The molecule has 7 nitrogen and oxygen atoms in total. The number of hydrogen-bond donors (Lipinski definition) is 0. The summed E-state index contributed by atoms with van der Waals surface area (Å²) in [7, 11) is 0. The van der Waals surface area contributed by atoms with Crippen LogP contribution in [0.3, 0.4) is 0 Å². The molecule has 1 aromatic heterocycles. The second-order valence-electron chi connectivity index (χ2n) is 8.42. The van der Waals surface area contributed by atoms with Crippen LogP contribution in [0.2, 0.25) is 0 Å². The van der Waals surface area contributed by atoms with Crippen molar-refractivity contribution in [3.05, 3.63) is 76.2 Å². The predicted molar refractivity (Wildman–Crippen MR) is 123 cm³/mol. The molecule has 0 radical (unpaired) electrons. The Kier molecular flexibility index (Phi) is 6.21. The number of aromatic nitrogens is 2. The van der Waals surface area contributed by atoms with Gasteiger partial charge in [0.2, 0.25) is 5.88 Å². The minimum absolute atomic E-state index is 0.0227. The van der Waals surface area contributed by atoms with E-state index in [9.17, 15) is 9.59 Å². The Morgan fingerprint density at radius 1 is 1.12 bits per heavy atom. The minimum atomic E-state index is -0.313. The Balaban J connectivity index is 1.28. The van der Waals surface area contributed by atoms with Crippen molar-refractivity contribution in [1.29, 1.82) is 0 Å². The maximum Gasteiger partial charge on any atom is 0.351 e. The van der Waals surface area contributed by atoms with Gasteiger partial charge in [-0.3, -0.25) is 9.36 Å². The summed E-state index contributed by atoms with van der Waals surface area (Å²) in [4.78, 5) is 28.9. The number of fused-ring (bicyclic) bond motifs is 3. The zero-order valence-corrected chi connectivity index (χ0v) is 18.4. The Morgan fingerprint density at radius 3 is 2.82 bits per heavy atom. The molecular formula is C26H26N2O5. The average Bonchev–Trinajstić information content (AvgIpc) is 3.35. The van der Waals surface area contributed by atoms with Gasteiger partial charge < -0.3 is 14.2 Å². The number of nitrogens with zero attached hydrogens (tertiary/aromatic N) is 2. The zero-order valence-electron chi connectivity index (χ0n) is 18.4. The first kappa shape index (κ1) is 21.4. The van der Waals surface area contributed by atoms with Crippen molar-refractivity contribution in [2.75, 3.05) is 19.8 Å². The molecule has 2 aliphatic rings. The number of Topliss-reactive ketones (excluding diaryl/α,β-unsaturated/α-hetero) is 1. The lowest BCUT2D eigenvalue weighted by molar-refractivity contribution is -0.120. The van der Waals surface area contributed by atoms with Gasteiger partial charge in [-0.1, -0.05) is 30.3 Å². The van der Waals surface area contributed by atoms with Crippen molar-refractivity contribution in [2.45, 2.75) is 38.3 Å². The molecule has 1 fully saturated rings. The molecule has 33 heavy (non-hydrogen) atoms. The fourth-order valence-corrected chi connectivity index (χ4v) is 4.34. The lowest BCUT2D eigenvalue weighted by Crippen LogP contribution is -2.29. The molecule has 1 atom stereocenters. The fraction of sp³-hybridized carbons (Fsp3) is 0.346. The lowest BCUT2D eigenvalue weighted by atomic mass is 9.97. The molecule has 170 valence electrons. The number of carbonyl (C=O) groups excluding carboxylic acids is 1. The largest absolute Gasteiger partial charge is 0.486 e. The number of ether oxygens (including phenoxy) is 3. The van der Waals surface area contributed by atoms with Crippen molar-refractivity contribution >= 4 is 5.78 Å². The number of rotatable bonds is 8. The van der Waals surface area contributed by atoms with Crippen LogP contribution >= 0.6 is 0 Å². The van der Waals surface area contributed by atoms with E-state index in [0.717, 1.165) is 41.8 Å². The van der Waals surface area contributed by atoms with Crippen LogP contribution in [0, 0.1) is 0 Å². The van der Waals surface area contributed by atoms with Gasteiger partial charge in [-0.15, -0.1) is 0 Å². The van der Waals surface area contributed by atoms with E-state index in [4.69, 9.17) is 14.2 Å². The van der Waals surface area contributed by atoms with Crippen molar-refractivity contribution < 1.29 is 19.0 Å². The Labute approximate surface area is 191 Å². The Hall–Kier alpha value is -3.45. The molecule has 3 aromatic rings. The number of ketones is 1. The van der Waals surface area contributed by atoms with Gasteiger partial charge in [-0.25, -0.2) is 4.79 Å². The van der Waals surface area contributed by atoms with E-state index in [0.29, 0.717) is 37.6 Å². The van der Waals surface area contributed by atoms with Crippen LogP contribution in [0.5, 0.6) is 11.6 Å². The summed E-state index contributed by atoms with van der Waals surface area (Å²) < 4.78 is 18.8. The molecule has 0 amide bonds. The number of aryl methyl sites for hydroxylation is 1. The summed E-state index contributed by atoms with van der Waals surface area (Å²) in [6, 6.07) is 17.2. The van der Waals surface area contributed by atoms with Crippen molar-refractivity contribution in [3.63, 3.8) is 0 Å². The minimum Gasteiger partial charge on any atom is -0.486 e. The quantitative estimate of drug-likeness (QED) is 0.529. The van der Waals surface area contributed by atoms with Gasteiger partial charge >= 0.3 is 5.69 Å². The van der Waals surface area contributed by atoms with Crippen LogP contribution in [0.25, 0.3) is 11.3 Å². The molecule has 7 heteroatoms. The molecule has 5 rings (SSSR count). The third-order valence-electron chi connectivity index (χ3n) is 6.03. The third-order valence-corrected chi connectivity index (χ3v) is 6.03. The molecule has 0 bridgehead atoms. The molecule has 0 aliphatic carbocycles. The summed E-state index contributed by atoms with van der Waals surface area (Å²) in [6.45, 7) is 1.71. The van der Waals surface area contributed by atoms with Gasteiger partial charge in [0, 0.05) is 31.2 Å². The van der Waals surface area contributed by atoms with Crippen LogP contribution < -0.4 is 15.2 Å². The summed E-state index contributed by atoms with van der Waals surface area (Å²) in [5, 5.41) is 0. The van der Waals surface area contributed by atoms with Crippen LogP contribution in [0.15, 0.2) is 59.4 Å². The normalized spacial score (nSPS) is 16.7. The number of hydrogen-bond acceptors (Lipinski definition) is 6. The van der Waals surface area contributed by atoms with Crippen LogP contribution in [-0.2, 0) is 28.9 Å². The van der Waals surface area contributed by atoms with Crippen molar-refractivity contribution in [1.82, 2.24) is 9.55 Å². The number of benzene rings is 2. The maximum atomic E-state index is 12.6. The fourth-order valence-electron chi connectivity index (χ4n) is 4.34. The molecule has 0 spiro atoms. The topological polar surface area (TPSA) is 79.7 Å². The molecule has 2 aromatic carbocycles. The first-order valence-electron chi connectivity index (χ1n) is 11.3. The SMILES string of the molecule is O=C(COc1ccc2c(c1)CCn1c-2cc(OCC2CCCO2)nc1=O)Cc1ccccc1. The summed E-state index contributed by atoms with van der Waals surface area (Å²) in [5.74, 6) is 0.992. The van der Waals surface area contributed by atoms with Gasteiger partial charge in [-0.05, 0) is 48.6 Å². The molecule has 0 N–H and O–H groups in total. The van der Waals surface area contributed by atoms with Crippen molar-refractivity contribution in [2.24, 2.45) is 0 Å². The molecule has 2 aliphatic heterocycles. The average molecular weight is 447 g/mol. The van der Waals surface area contributed by atoms with Crippen molar-refractivity contribution in [3.8, 4) is 22.9 Å². The van der Waals surface area contributed by atoms with E-state index in [1.54, 1.807) is 4.57 Å². The second kappa shape index (κ2) is 9.58. The molecule has 1 unspecified atom stereocenters. The van der Waals surface area contributed by atoms with Gasteiger partial charge in [0.25, 0.3) is 0 Å². The standard InChI is InChI=1S/C26H26N2O5/c29-20(13-18-5-2-1-3-6-18)16-32-21-8-9-23-19(14-21)10-11-28-24(23)15-25(27-26(28)30)33-17-22-7-4-12-31-22/h1-3,5-6,8-9,14-15,22H,4,7,10-13,16-17H2. The highest BCUT2D eigenvalue weighted by Crippen LogP contribution is 2.32. The van der Waals surface area contributed by atoms with Crippen LogP contribution in [-0.4, -0.2) is 41.3 Å². The summed E-state index contributed by atoms with van der Waals surface area (Å²) in [6.07, 6.45) is 3.09. The van der Waals surface area contributed by atoms with Gasteiger partial charge in [0.15, 0.2) is 5.78 Å². The first-order chi connectivity index (χ1) is 16.2. The molecule has 1 saturated heterocycles. The summed E-state index contributed by atoms with van der Waals surface area (Å²) >= 11 is 0. The van der Waals surface area contributed by atoms with E-state index in [2.05, 4.69) is 4.98 Å². The highest BCUT2D eigenvalue weighted by Gasteiger charge is 2.21. The lowest BCUT2D eigenvalue weighted by Gasteiger charge is -2.22. The van der Waals surface area contributed by atoms with E-state index < -0.39 is 0 Å². The zero-order chi connectivity index (χ0) is 22.6. The van der Waals surface area contributed by atoms with E-state index >= 15 is 0 Å². The van der Waals surface area contributed by atoms with E-state index in [1.807, 2.05) is 54.6 Å². The van der Waals surface area contributed by atoms with E-state index in [1.165, 1.54) is 0 Å². The molecular weight excluding hydrogens is 420 g/mol. The second-order valence-corrected chi connectivity index (χ2v) is 8.42. The van der Waals surface area contributed by atoms with Gasteiger partial charge in [-0.2, -0.15) is 4.98 Å². The molecule has 0 saturated carbocycles. The summed E-state index contributed by atoms with van der Waals surface area (Å²) in [5.41, 5.74) is 3.46. The maximum absolute atomic E-state index is 12.6. The van der Waals surface area contributed by atoms with Gasteiger partial charge in [0.1, 0.15) is 19.0 Å². The number of carbonyl (C=O) groups is 1. The smallest absolute Gasteiger partial charge is 0.351 e. The van der Waals surface area contributed by atoms with Crippen LogP contribution in [0.4, 0.5) is 0 Å². The Bertz CT molecular complexity index is 1200. The Morgan fingerprint density at radius 2 is 2.00 bits per heavy atom. The molecule has 3 heterocycles. The first-order valence-corrected chi connectivity index (χ1v) is 11.3. The highest BCUT2D eigenvalue weighted by atomic mass is 16.5. The van der Waals surface area contributed by atoms with Gasteiger partial charge in [0.05, 0.1) is 11.8 Å². The van der Waals surface area contributed by atoms with E-state index in [-0.39, 0.29) is 24.2 Å². The highest BCUT2D eigenvalue weighted by molar-refractivity contribution is 5.82. The predicted octanol–water partition coefficient (Wildman–Crippen LogP) is 3.21. The van der Waals surface area contributed by atoms with Crippen LogP contribution in [0.1, 0.15) is 24.0 Å².